The monoisotopic (exact) mass is 445 g/mol. The van der Waals surface area contributed by atoms with Crippen LogP contribution >= 0.6 is 11.6 Å². The lowest BCUT2D eigenvalue weighted by Crippen LogP contribution is -2.43. The summed E-state index contributed by atoms with van der Waals surface area (Å²) in [5.41, 5.74) is 2.13. The second kappa shape index (κ2) is 11.1. The highest BCUT2D eigenvalue weighted by Crippen LogP contribution is 2.35. The Morgan fingerprint density at radius 2 is 1.97 bits per heavy atom. The molecule has 0 aromatic heterocycles. The van der Waals surface area contributed by atoms with Gasteiger partial charge in [-0.2, -0.15) is 0 Å². The van der Waals surface area contributed by atoms with E-state index in [0.717, 1.165) is 13.1 Å². The maximum Gasteiger partial charge on any atom is 0.227 e. The minimum absolute atomic E-state index is 0.184. The Hall–Kier alpha value is -2.61. The van der Waals surface area contributed by atoms with Crippen LogP contribution in [0.25, 0.3) is 0 Å². The lowest BCUT2D eigenvalue weighted by atomic mass is 10.1. The SMILES string of the molecule is CCOc1cc(NC(C)=O)c(Cl)cc1NC(=O)CC1CN(Cc2ccccc2)CCO1. The van der Waals surface area contributed by atoms with Crippen molar-refractivity contribution < 1.29 is 19.1 Å². The van der Waals surface area contributed by atoms with Gasteiger partial charge in [0.15, 0.2) is 0 Å². The molecule has 2 N–H and O–H groups in total. The highest BCUT2D eigenvalue weighted by Gasteiger charge is 2.24. The lowest BCUT2D eigenvalue weighted by molar-refractivity contribution is -0.121. The van der Waals surface area contributed by atoms with E-state index in [0.29, 0.717) is 41.9 Å². The van der Waals surface area contributed by atoms with Gasteiger partial charge in [0.2, 0.25) is 11.8 Å². The molecule has 1 unspecified atom stereocenters. The lowest BCUT2D eigenvalue weighted by Gasteiger charge is -2.32. The van der Waals surface area contributed by atoms with Crippen molar-refractivity contribution in [2.75, 3.05) is 36.9 Å². The maximum absolute atomic E-state index is 12.7. The van der Waals surface area contributed by atoms with Gasteiger partial charge in [0.25, 0.3) is 0 Å². The van der Waals surface area contributed by atoms with Crippen molar-refractivity contribution in [3.05, 3.63) is 53.1 Å². The highest BCUT2D eigenvalue weighted by atomic mass is 35.5. The summed E-state index contributed by atoms with van der Waals surface area (Å²) < 4.78 is 11.4. The molecular weight excluding hydrogens is 418 g/mol. The largest absolute Gasteiger partial charge is 0.492 e. The van der Waals surface area contributed by atoms with Crippen molar-refractivity contribution in [2.24, 2.45) is 0 Å². The summed E-state index contributed by atoms with van der Waals surface area (Å²) in [6.45, 7) is 6.59. The van der Waals surface area contributed by atoms with Crippen LogP contribution in [0.1, 0.15) is 25.8 Å². The van der Waals surface area contributed by atoms with Gasteiger partial charge in [0.1, 0.15) is 5.75 Å². The first kappa shape index (κ1) is 23.1. The molecule has 1 saturated heterocycles. The Balaban J connectivity index is 1.61. The molecule has 2 aromatic rings. The predicted molar refractivity (Wildman–Crippen MR) is 122 cm³/mol. The number of ether oxygens (including phenoxy) is 2. The third-order valence-corrected chi connectivity index (χ3v) is 5.15. The molecule has 0 spiro atoms. The second-order valence-electron chi connectivity index (χ2n) is 7.41. The zero-order valence-corrected chi connectivity index (χ0v) is 18.6. The van der Waals surface area contributed by atoms with Crippen LogP contribution in [-0.2, 0) is 20.9 Å². The minimum atomic E-state index is -0.240. The number of hydrogen-bond acceptors (Lipinski definition) is 5. The van der Waals surface area contributed by atoms with Crippen molar-refractivity contribution in [3.8, 4) is 5.75 Å². The Kier molecular flexibility index (Phi) is 8.28. The molecule has 1 atom stereocenters. The van der Waals surface area contributed by atoms with Gasteiger partial charge in [-0.25, -0.2) is 0 Å². The van der Waals surface area contributed by atoms with E-state index in [4.69, 9.17) is 21.1 Å². The van der Waals surface area contributed by atoms with Crippen molar-refractivity contribution in [3.63, 3.8) is 0 Å². The summed E-state index contributed by atoms with van der Waals surface area (Å²) in [4.78, 5) is 26.4. The molecule has 7 nitrogen and oxygen atoms in total. The Labute approximate surface area is 187 Å². The Bertz CT molecular complexity index is 907. The Morgan fingerprint density at radius 3 is 2.68 bits per heavy atom. The topological polar surface area (TPSA) is 79.9 Å². The van der Waals surface area contributed by atoms with E-state index in [1.807, 2.05) is 25.1 Å². The predicted octanol–water partition coefficient (Wildman–Crippen LogP) is 3.93. The van der Waals surface area contributed by atoms with Gasteiger partial charge in [0.05, 0.1) is 42.1 Å². The Morgan fingerprint density at radius 1 is 1.19 bits per heavy atom. The van der Waals surface area contributed by atoms with Gasteiger partial charge in [-0.05, 0) is 18.6 Å². The van der Waals surface area contributed by atoms with Crippen LogP contribution in [0, 0.1) is 0 Å². The average Bonchev–Trinajstić information content (AvgIpc) is 2.72. The summed E-state index contributed by atoms with van der Waals surface area (Å²) >= 11 is 6.26. The van der Waals surface area contributed by atoms with Gasteiger partial charge in [-0.1, -0.05) is 41.9 Å². The van der Waals surface area contributed by atoms with E-state index in [1.165, 1.54) is 12.5 Å². The van der Waals surface area contributed by atoms with E-state index in [9.17, 15) is 9.59 Å². The van der Waals surface area contributed by atoms with E-state index in [2.05, 4.69) is 27.7 Å². The molecule has 0 aliphatic carbocycles. The molecule has 1 aliphatic rings. The molecule has 0 saturated carbocycles. The van der Waals surface area contributed by atoms with E-state index < -0.39 is 0 Å². The number of benzene rings is 2. The van der Waals surface area contributed by atoms with Crippen LogP contribution in [0.15, 0.2) is 42.5 Å². The normalized spacial score (nSPS) is 16.5. The third kappa shape index (κ3) is 6.95. The quantitative estimate of drug-likeness (QED) is 0.643. The van der Waals surface area contributed by atoms with Crippen LogP contribution < -0.4 is 15.4 Å². The van der Waals surface area contributed by atoms with Crippen molar-refractivity contribution in [1.82, 2.24) is 4.90 Å². The number of carbonyl (C=O) groups is 2. The van der Waals surface area contributed by atoms with E-state index in [-0.39, 0.29) is 24.3 Å². The fourth-order valence-electron chi connectivity index (χ4n) is 3.51. The molecular formula is C23H28ClN3O4. The van der Waals surface area contributed by atoms with E-state index in [1.54, 1.807) is 12.1 Å². The van der Waals surface area contributed by atoms with Gasteiger partial charge in [-0.3, -0.25) is 14.5 Å². The summed E-state index contributed by atoms with van der Waals surface area (Å²) in [6.07, 6.45) is 0.0317. The zero-order valence-electron chi connectivity index (χ0n) is 17.8. The number of halogens is 1. The van der Waals surface area contributed by atoms with Crippen molar-refractivity contribution in [1.29, 1.82) is 0 Å². The summed E-state index contributed by atoms with van der Waals surface area (Å²) in [5.74, 6) is 0.0192. The van der Waals surface area contributed by atoms with Crippen LogP contribution in [0.5, 0.6) is 5.75 Å². The standard InChI is InChI=1S/C23H28ClN3O4/c1-3-30-22-13-20(25-16(2)28)19(24)12-21(22)26-23(29)11-18-15-27(9-10-31-18)14-17-7-5-4-6-8-17/h4-8,12-13,18H,3,9-11,14-15H2,1-2H3,(H,25,28)(H,26,29). The number of rotatable bonds is 8. The van der Waals surface area contributed by atoms with E-state index >= 15 is 0 Å². The molecule has 3 rings (SSSR count). The van der Waals surface area contributed by atoms with Crippen molar-refractivity contribution >= 4 is 34.8 Å². The molecule has 1 fully saturated rings. The molecule has 31 heavy (non-hydrogen) atoms. The first-order valence-corrected chi connectivity index (χ1v) is 10.7. The molecule has 2 amide bonds. The van der Waals surface area contributed by atoms with Gasteiger partial charge >= 0.3 is 0 Å². The first-order chi connectivity index (χ1) is 14.9. The summed E-state index contributed by atoms with van der Waals surface area (Å²) in [7, 11) is 0. The van der Waals surface area contributed by atoms with Crippen LogP contribution in [-0.4, -0.2) is 49.1 Å². The molecule has 8 heteroatoms. The fraction of sp³-hybridized carbons (Fsp3) is 0.391. The van der Waals surface area contributed by atoms with Gasteiger partial charge in [-0.15, -0.1) is 0 Å². The first-order valence-electron chi connectivity index (χ1n) is 10.4. The van der Waals surface area contributed by atoms with Gasteiger partial charge in [0, 0.05) is 32.6 Å². The van der Waals surface area contributed by atoms with Crippen molar-refractivity contribution in [2.45, 2.75) is 32.9 Å². The number of nitrogens with one attached hydrogen (secondary N) is 2. The second-order valence-corrected chi connectivity index (χ2v) is 7.82. The van der Waals surface area contributed by atoms with Crippen LogP contribution in [0.2, 0.25) is 5.02 Å². The number of morpholine rings is 1. The number of amides is 2. The molecule has 0 radical (unpaired) electrons. The maximum atomic E-state index is 12.7. The molecule has 1 heterocycles. The fourth-order valence-corrected chi connectivity index (χ4v) is 3.72. The molecule has 2 aromatic carbocycles. The zero-order chi connectivity index (χ0) is 22.2. The summed E-state index contributed by atoms with van der Waals surface area (Å²) in [5, 5.41) is 5.84. The third-order valence-electron chi connectivity index (χ3n) is 4.84. The van der Waals surface area contributed by atoms with Gasteiger partial charge < -0.3 is 20.1 Å². The molecule has 0 bridgehead atoms. The number of hydrogen-bond donors (Lipinski definition) is 2. The molecule has 166 valence electrons. The number of anilines is 2. The average molecular weight is 446 g/mol. The van der Waals surface area contributed by atoms with Crippen LogP contribution in [0.4, 0.5) is 11.4 Å². The number of carbonyl (C=O) groups excluding carboxylic acids is 2. The smallest absolute Gasteiger partial charge is 0.227 e. The highest BCUT2D eigenvalue weighted by molar-refractivity contribution is 6.34. The minimum Gasteiger partial charge on any atom is -0.492 e. The van der Waals surface area contributed by atoms with Crippen LogP contribution in [0.3, 0.4) is 0 Å². The summed E-state index contributed by atoms with van der Waals surface area (Å²) in [6, 6.07) is 13.4. The number of nitrogens with zero attached hydrogens (tertiary/aromatic N) is 1. The molecule has 1 aliphatic heterocycles.